The van der Waals surface area contributed by atoms with Gasteiger partial charge in [-0.15, -0.1) is 11.3 Å². The Labute approximate surface area is 182 Å². The number of rotatable bonds is 6. The highest BCUT2D eigenvalue weighted by Gasteiger charge is 2.26. The van der Waals surface area contributed by atoms with Gasteiger partial charge in [-0.2, -0.15) is 4.31 Å². The Kier molecular flexibility index (Phi) is 6.01. The first-order chi connectivity index (χ1) is 14.8. The van der Waals surface area contributed by atoms with Crippen molar-refractivity contribution in [3.05, 3.63) is 69.1 Å². The zero-order valence-electron chi connectivity index (χ0n) is 16.2. The fraction of sp³-hybridized carbons (Fsp3) is 0.250. The van der Waals surface area contributed by atoms with Gasteiger partial charge in [0.1, 0.15) is 11.5 Å². The number of morpholine rings is 1. The molecule has 0 aliphatic carbocycles. The number of fused-ring (bicyclic) bond motifs is 1. The predicted octanol–water partition coefficient (Wildman–Crippen LogP) is 3.19. The molecule has 0 N–H and O–H groups in total. The quantitative estimate of drug-likeness (QED) is 0.314. The van der Waals surface area contributed by atoms with Crippen LogP contribution in [0.15, 0.2) is 53.4 Å². The van der Waals surface area contributed by atoms with E-state index in [9.17, 15) is 23.3 Å². The van der Waals surface area contributed by atoms with Crippen molar-refractivity contribution in [2.75, 3.05) is 26.3 Å². The van der Waals surface area contributed by atoms with Crippen LogP contribution in [0.5, 0.6) is 0 Å². The van der Waals surface area contributed by atoms with Crippen molar-refractivity contribution in [1.82, 2.24) is 4.31 Å². The van der Waals surface area contributed by atoms with E-state index in [1.807, 2.05) is 0 Å². The Balaban J connectivity index is 1.47. The minimum absolute atomic E-state index is 0.0523. The maximum Gasteiger partial charge on any atom is 0.348 e. The fourth-order valence-electron chi connectivity index (χ4n) is 3.20. The van der Waals surface area contributed by atoms with E-state index in [0.717, 1.165) is 4.70 Å². The predicted molar refractivity (Wildman–Crippen MR) is 114 cm³/mol. The summed E-state index contributed by atoms with van der Waals surface area (Å²) in [5.74, 6) is -0.578. The lowest BCUT2D eigenvalue weighted by molar-refractivity contribution is -0.384. The van der Waals surface area contributed by atoms with Crippen molar-refractivity contribution in [2.45, 2.75) is 11.5 Å². The highest BCUT2D eigenvalue weighted by atomic mass is 32.2. The lowest BCUT2D eigenvalue weighted by Gasteiger charge is -2.26. The van der Waals surface area contributed by atoms with Crippen LogP contribution < -0.4 is 0 Å². The minimum atomic E-state index is -3.64. The van der Waals surface area contributed by atoms with Crippen LogP contribution in [-0.2, 0) is 26.1 Å². The number of non-ortho nitro benzene ring substituents is 1. The molecule has 11 heteroatoms. The molecule has 3 aromatic rings. The lowest BCUT2D eigenvalue weighted by Crippen LogP contribution is -2.40. The fourth-order valence-corrected chi connectivity index (χ4v) is 5.61. The number of carbonyl (C=O) groups is 1. The standard InChI is InChI=1S/C20H18N2O7S2/c23-20(19-12-15-11-16(22(24)25)4-5-18(15)30-19)29-13-14-2-1-3-17(10-14)31(26,27)21-6-8-28-9-7-21/h1-5,10-12H,6-9,13H2. The number of hydrogen-bond donors (Lipinski definition) is 0. The topological polar surface area (TPSA) is 116 Å². The Hall–Kier alpha value is -2.86. The number of carbonyl (C=O) groups excluding carboxylic acids is 1. The second-order valence-electron chi connectivity index (χ2n) is 6.83. The van der Waals surface area contributed by atoms with E-state index in [1.54, 1.807) is 24.3 Å². The first-order valence-corrected chi connectivity index (χ1v) is 11.6. The average Bonchev–Trinajstić information content (AvgIpc) is 3.22. The van der Waals surface area contributed by atoms with Crippen molar-refractivity contribution < 1.29 is 27.6 Å². The largest absolute Gasteiger partial charge is 0.457 e. The monoisotopic (exact) mass is 462 g/mol. The molecule has 162 valence electrons. The SMILES string of the molecule is O=C(OCc1cccc(S(=O)(=O)N2CCOCC2)c1)c1cc2cc([N+](=O)[O-])ccc2s1. The van der Waals surface area contributed by atoms with E-state index in [-0.39, 0.29) is 17.2 Å². The van der Waals surface area contributed by atoms with Crippen molar-refractivity contribution >= 4 is 43.1 Å². The van der Waals surface area contributed by atoms with Crippen molar-refractivity contribution in [1.29, 1.82) is 0 Å². The lowest BCUT2D eigenvalue weighted by atomic mass is 10.2. The molecule has 0 radical (unpaired) electrons. The second kappa shape index (κ2) is 8.71. The summed E-state index contributed by atoms with van der Waals surface area (Å²) in [5.41, 5.74) is 0.489. The molecule has 1 fully saturated rings. The molecule has 1 aliphatic rings. The molecule has 0 saturated carbocycles. The number of ether oxygens (including phenoxy) is 2. The number of nitrogens with zero attached hydrogens (tertiary/aromatic N) is 2. The van der Waals surface area contributed by atoms with Gasteiger partial charge in [0, 0.05) is 35.3 Å². The van der Waals surface area contributed by atoms with E-state index in [4.69, 9.17) is 9.47 Å². The van der Waals surface area contributed by atoms with E-state index in [0.29, 0.717) is 42.1 Å². The molecule has 0 unspecified atom stereocenters. The number of sulfonamides is 1. The molecule has 2 aromatic carbocycles. The summed E-state index contributed by atoms with van der Waals surface area (Å²) < 4.78 is 38.2. The van der Waals surface area contributed by atoms with Gasteiger partial charge < -0.3 is 9.47 Å². The second-order valence-corrected chi connectivity index (χ2v) is 9.85. The molecule has 0 amide bonds. The van der Waals surface area contributed by atoms with Crippen LogP contribution in [0.2, 0.25) is 0 Å². The molecule has 31 heavy (non-hydrogen) atoms. The number of esters is 1. The van der Waals surface area contributed by atoms with Crippen LogP contribution in [0.3, 0.4) is 0 Å². The summed E-state index contributed by atoms with van der Waals surface area (Å²) in [7, 11) is -3.64. The smallest absolute Gasteiger partial charge is 0.348 e. The number of nitro benzene ring substituents is 1. The maximum absolute atomic E-state index is 12.8. The number of hydrogen-bond acceptors (Lipinski definition) is 8. The van der Waals surface area contributed by atoms with Gasteiger partial charge in [-0.05, 0) is 29.8 Å². The highest BCUT2D eigenvalue weighted by molar-refractivity contribution is 7.89. The van der Waals surface area contributed by atoms with E-state index in [2.05, 4.69) is 0 Å². The number of nitro groups is 1. The van der Waals surface area contributed by atoms with Gasteiger partial charge >= 0.3 is 5.97 Å². The maximum atomic E-state index is 12.8. The molecule has 9 nitrogen and oxygen atoms in total. The van der Waals surface area contributed by atoms with Crippen LogP contribution in [0, 0.1) is 10.1 Å². The van der Waals surface area contributed by atoms with Crippen molar-refractivity contribution in [3.8, 4) is 0 Å². The number of thiophene rings is 1. The van der Waals surface area contributed by atoms with Gasteiger partial charge in [0.05, 0.1) is 23.0 Å². The van der Waals surface area contributed by atoms with Crippen LogP contribution in [-0.4, -0.2) is 49.9 Å². The van der Waals surface area contributed by atoms with Crippen LogP contribution >= 0.6 is 11.3 Å². The third-order valence-corrected chi connectivity index (χ3v) is 7.78. The summed E-state index contributed by atoms with van der Waals surface area (Å²) in [5, 5.41) is 11.5. The molecular weight excluding hydrogens is 444 g/mol. The van der Waals surface area contributed by atoms with E-state index >= 15 is 0 Å². The molecule has 1 aliphatic heterocycles. The van der Waals surface area contributed by atoms with Gasteiger partial charge in [0.2, 0.25) is 10.0 Å². The third-order valence-electron chi connectivity index (χ3n) is 4.79. The first kappa shape index (κ1) is 21.4. The van der Waals surface area contributed by atoms with Gasteiger partial charge in [-0.25, -0.2) is 13.2 Å². The Bertz CT molecular complexity index is 1250. The summed E-state index contributed by atoms with van der Waals surface area (Å²) in [6.45, 7) is 1.21. The molecule has 0 spiro atoms. The van der Waals surface area contributed by atoms with E-state index in [1.165, 1.54) is 39.9 Å². The van der Waals surface area contributed by atoms with Crippen LogP contribution in [0.25, 0.3) is 10.1 Å². The van der Waals surface area contributed by atoms with Crippen molar-refractivity contribution in [3.63, 3.8) is 0 Å². The molecule has 4 rings (SSSR count). The van der Waals surface area contributed by atoms with Crippen LogP contribution in [0.4, 0.5) is 5.69 Å². The average molecular weight is 463 g/mol. The zero-order chi connectivity index (χ0) is 22.0. The van der Waals surface area contributed by atoms with Gasteiger partial charge in [0.15, 0.2) is 0 Å². The highest BCUT2D eigenvalue weighted by Crippen LogP contribution is 2.29. The van der Waals surface area contributed by atoms with Gasteiger partial charge in [-0.1, -0.05) is 12.1 Å². The number of benzene rings is 2. The van der Waals surface area contributed by atoms with Gasteiger partial charge in [0.25, 0.3) is 5.69 Å². The molecule has 2 heterocycles. The molecule has 0 bridgehead atoms. The summed E-state index contributed by atoms with van der Waals surface area (Å²) in [6.07, 6.45) is 0. The van der Waals surface area contributed by atoms with Gasteiger partial charge in [-0.3, -0.25) is 10.1 Å². The van der Waals surface area contributed by atoms with Crippen LogP contribution in [0.1, 0.15) is 15.2 Å². The molecule has 1 saturated heterocycles. The van der Waals surface area contributed by atoms with Crippen molar-refractivity contribution in [2.24, 2.45) is 0 Å². The summed E-state index contributed by atoms with van der Waals surface area (Å²) in [4.78, 5) is 23.3. The third kappa shape index (κ3) is 4.59. The zero-order valence-corrected chi connectivity index (χ0v) is 17.9. The normalized spacial score (nSPS) is 15.1. The molecule has 1 aromatic heterocycles. The Morgan fingerprint density at radius 2 is 1.94 bits per heavy atom. The Morgan fingerprint density at radius 1 is 1.16 bits per heavy atom. The Morgan fingerprint density at radius 3 is 2.68 bits per heavy atom. The minimum Gasteiger partial charge on any atom is -0.457 e. The summed E-state index contributed by atoms with van der Waals surface area (Å²) >= 11 is 1.18. The molecule has 0 atom stereocenters. The molecular formula is C20H18N2O7S2. The first-order valence-electron chi connectivity index (χ1n) is 9.36. The van der Waals surface area contributed by atoms with E-state index < -0.39 is 20.9 Å². The summed E-state index contributed by atoms with van der Waals surface area (Å²) in [6, 6.07) is 12.2.